The van der Waals surface area contributed by atoms with E-state index in [1.54, 1.807) is 24.6 Å². The molecule has 9 heteroatoms. The van der Waals surface area contributed by atoms with Crippen LogP contribution in [0.3, 0.4) is 0 Å². The molecule has 2 fully saturated rings. The van der Waals surface area contributed by atoms with Crippen molar-refractivity contribution in [2.45, 2.75) is 44.7 Å². The second-order valence-corrected chi connectivity index (χ2v) is 9.56. The van der Waals surface area contributed by atoms with Crippen molar-refractivity contribution < 1.29 is 14.0 Å². The molecule has 0 aromatic carbocycles. The lowest BCUT2D eigenvalue weighted by atomic mass is 9.84. The van der Waals surface area contributed by atoms with Gasteiger partial charge in [-0.3, -0.25) is 14.9 Å². The lowest BCUT2D eigenvalue weighted by Gasteiger charge is -2.29. The van der Waals surface area contributed by atoms with Gasteiger partial charge in [0.2, 0.25) is 0 Å². The molecule has 0 unspecified atom stereocenters. The van der Waals surface area contributed by atoms with Crippen molar-refractivity contribution in [2.75, 3.05) is 0 Å². The highest BCUT2D eigenvalue weighted by Gasteiger charge is 2.25. The van der Waals surface area contributed by atoms with E-state index in [0.717, 1.165) is 73.4 Å². The van der Waals surface area contributed by atoms with Crippen LogP contribution >= 0.6 is 11.8 Å². The first-order valence-corrected chi connectivity index (χ1v) is 12.2. The Morgan fingerprint density at radius 1 is 1.09 bits per heavy atom. The van der Waals surface area contributed by atoms with Crippen molar-refractivity contribution in [3.63, 3.8) is 0 Å². The number of nitrogens with zero attached hydrogens (tertiary/aromatic N) is 3. The fraction of sp³-hybridized carbons (Fsp3) is 0.320. The first-order chi connectivity index (χ1) is 16.6. The predicted molar refractivity (Wildman–Crippen MR) is 129 cm³/mol. The summed E-state index contributed by atoms with van der Waals surface area (Å²) in [5.41, 5.74) is 2.51. The van der Waals surface area contributed by atoms with Gasteiger partial charge in [-0.1, -0.05) is 6.07 Å². The molecule has 8 nitrogen and oxygen atoms in total. The second kappa shape index (κ2) is 10.3. The van der Waals surface area contributed by atoms with Gasteiger partial charge in [0.15, 0.2) is 5.76 Å². The summed E-state index contributed by atoms with van der Waals surface area (Å²) in [7, 11) is 0. The van der Waals surface area contributed by atoms with Gasteiger partial charge in [0.25, 0.3) is 11.1 Å². The van der Waals surface area contributed by atoms with E-state index >= 15 is 0 Å². The van der Waals surface area contributed by atoms with Crippen LogP contribution in [0.25, 0.3) is 17.5 Å². The summed E-state index contributed by atoms with van der Waals surface area (Å²) < 4.78 is 5.45. The van der Waals surface area contributed by atoms with Crippen LogP contribution in [0, 0.1) is 5.92 Å². The minimum atomic E-state index is -0.371. The number of furan rings is 1. The zero-order valence-corrected chi connectivity index (χ0v) is 19.4. The average molecular weight is 476 g/mol. The van der Waals surface area contributed by atoms with E-state index in [-0.39, 0.29) is 11.1 Å². The Balaban J connectivity index is 1.11. The first-order valence-electron chi connectivity index (χ1n) is 11.4. The molecular formula is C25H25N5O3S. The highest BCUT2D eigenvalue weighted by molar-refractivity contribution is 8.18. The lowest BCUT2D eigenvalue weighted by Crippen LogP contribution is -2.33. The minimum absolute atomic E-state index is 0.350. The number of rotatable bonds is 7. The van der Waals surface area contributed by atoms with Crippen LogP contribution in [0.15, 0.2) is 58.2 Å². The SMILES string of the molecule is O=C1NC(=O)/C(=C/c2ccnc(CC3CCC(NCc4cccc(-c5ccco5)n4)CC3)n2)S1. The molecule has 5 rings (SSSR count). The number of carbonyl (C=O) groups excluding carboxylic acids is 2. The van der Waals surface area contributed by atoms with Gasteiger partial charge in [-0.05, 0) is 79.8 Å². The molecule has 0 atom stereocenters. The largest absolute Gasteiger partial charge is 0.463 e. The standard InChI is InChI=1S/C25H25N5O3S/c31-24-22(34-25(32)30-24)14-18-10-11-26-23(29-18)13-16-6-8-17(9-7-16)27-15-19-3-1-4-20(28-19)21-5-2-12-33-21/h1-5,10-12,14,16-17,27H,6-9,13,15H2,(H,30,31,32)/b22-14-. The maximum absolute atomic E-state index is 11.8. The molecule has 3 aromatic rings. The summed E-state index contributed by atoms with van der Waals surface area (Å²) in [5.74, 6) is 1.72. The Labute approximate surface area is 201 Å². The third-order valence-corrected chi connectivity index (χ3v) is 6.93. The van der Waals surface area contributed by atoms with Crippen LogP contribution in [-0.4, -0.2) is 32.1 Å². The highest BCUT2D eigenvalue weighted by Crippen LogP contribution is 2.28. The van der Waals surface area contributed by atoms with Gasteiger partial charge in [0.1, 0.15) is 11.5 Å². The molecule has 1 aliphatic heterocycles. The van der Waals surface area contributed by atoms with Gasteiger partial charge in [0, 0.05) is 25.2 Å². The van der Waals surface area contributed by atoms with Crippen LogP contribution in [-0.2, 0) is 17.8 Å². The van der Waals surface area contributed by atoms with Gasteiger partial charge in [-0.2, -0.15) is 0 Å². The molecule has 0 bridgehead atoms. The summed E-state index contributed by atoms with van der Waals surface area (Å²) in [4.78, 5) is 37.2. The summed E-state index contributed by atoms with van der Waals surface area (Å²) in [6, 6.07) is 12.0. The molecule has 0 radical (unpaired) electrons. The van der Waals surface area contributed by atoms with E-state index in [4.69, 9.17) is 9.40 Å². The molecule has 1 saturated carbocycles. The van der Waals surface area contributed by atoms with E-state index in [1.807, 2.05) is 30.3 Å². The van der Waals surface area contributed by atoms with Gasteiger partial charge in [-0.15, -0.1) is 0 Å². The molecule has 2 N–H and O–H groups in total. The lowest BCUT2D eigenvalue weighted by molar-refractivity contribution is -0.115. The number of carbonyl (C=O) groups is 2. The van der Waals surface area contributed by atoms with Crippen LogP contribution in [0.2, 0.25) is 0 Å². The van der Waals surface area contributed by atoms with Gasteiger partial charge >= 0.3 is 0 Å². The third-order valence-electron chi connectivity index (χ3n) is 6.12. The third kappa shape index (κ3) is 5.60. The van der Waals surface area contributed by atoms with Crippen molar-refractivity contribution in [1.29, 1.82) is 0 Å². The smallest absolute Gasteiger partial charge is 0.290 e. The number of hydrogen-bond donors (Lipinski definition) is 2. The molecule has 34 heavy (non-hydrogen) atoms. The predicted octanol–water partition coefficient (Wildman–Crippen LogP) is 4.35. The zero-order chi connectivity index (χ0) is 23.3. The van der Waals surface area contributed by atoms with Crippen molar-refractivity contribution in [2.24, 2.45) is 5.92 Å². The number of hydrogen-bond acceptors (Lipinski definition) is 8. The topological polar surface area (TPSA) is 110 Å². The molecule has 174 valence electrons. The van der Waals surface area contributed by atoms with Crippen molar-refractivity contribution in [1.82, 2.24) is 25.6 Å². The van der Waals surface area contributed by atoms with Gasteiger partial charge < -0.3 is 9.73 Å². The van der Waals surface area contributed by atoms with E-state index in [9.17, 15) is 9.59 Å². The highest BCUT2D eigenvalue weighted by atomic mass is 32.2. The number of thioether (sulfide) groups is 1. The average Bonchev–Trinajstić information content (AvgIpc) is 3.49. The Hall–Kier alpha value is -3.30. The maximum atomic E-state index is 11.8. The summed E-state index contributed by atoms with van der Waals surface area (Å²) >= 11 is 0.898. The monoisotopic (exact) mass is 475 g/mol. The van der Waals surface area contributed by atoms with Crippen molar-refractivity contribution in [3.05, 3.63) is 71.0 Å². The van der Waals surface area contributed by atoms with E-state index in [1.165, 1.54) is 0 Å². The number of amides is 2. The van der Waals surface area contributed by atoms with E-state index in [2.05, 4.69) is 20.6 Å². The van der Waals surface area contributed by atoms with E-state index in [0.29, 0.717) is 22.6 Å². The zero-order valence-electron chi connectivity index (χ0n) is 18.6. The Kier molecular flexibility index (Phi) is 6.82. The molecule has 1 saturated heterocycles. The van der Waals surface area contributed by atoms with E-state index < -0.39 is 0 Å². The minimum Gasteiger partial charge on any atom is -0.463 e. The van der Waals surface area contributed by atoms with Crippen molar-refractivity contribution in [3.8, 4) is 11.5 Å². The quantitative estimate of drug-likeness (QED) is 0.486. The van der Waals surface area contributed by atoms with Gasteiger partial charge in [0.05, 0.1) is 22.6 Å². The number of pyridine rings is 1. The Morgan fingerprint density at radius 3 is 2.74 bits per heavy atom. The number of aromatic nitrogens is 3. The molecule has 3 aromatic heterocycles. The summed E-state index contributed by atoms with van der Waals surface area (Å²) in [6.45, 7) is 0.734. The van der Waals surface area contributed by atoms with Crippen molar-refractivity contribution >= 4 is 29.0 Å². The molecule has 4 heterocycles. The maximum Gasteiger partial charge on any atom is 0.290 e. The summed E-state index contributed by atoms with van der Waals surface area (Å²) in [5, 5.41) is 5.56. The molecule has 2 aliphatic rings. The van der Waals surface area contributed by atoms with Crippen LogP contribution in [0.4, 0.5) is 4.79 Å². The molecule has 0 spiro atoms. The van der Waals surface area contributed by atoms with Crippen LogP contribution in [0.5, 0.6) is 0 Å². The summed E-state index contributed by atoms with van der Waals surface area (Å²) in [6.07, 6.45) is 10.3. The Morgan fingerprint density at radius 2 is 1.97 bits per heavy atom. The normalized spacial score (nSPS) is 21.7. The molecule has 1 aliphatic carbocycles. The van der Waals surface area contributed by atoms with Crippen LogP contribution < -0.4 is 10.6 Å². The van der Waals surface area contributed by atoms with Gasteiger partial charge in [-0.25, -0.2) is 15.0 Å². The van der Waals surface area contributed by atoms with Crippen LogP contribution in [0.1, 0.15) is 42.9 Å². The second-order valence-electron chi connectivity index (χ2n) is 8.54. The molecular weight excluding hydrogens is 450 g/mol. The Bertz CT molecular complexity index is 1200. The number of nitrogens with one attached hydrogen (secondary N) is 2. The fourth-order valence-electron chi connectivity index (χ4n) is 4.37. The fourth-order valence-corrected chi connectivity index (χ4v) is 5.03. The first kappa shape index (κ1) is 22.5. The molecule has 2 amide bonds. The number of imide groups is 1.